The van der Waals surface area contributed by atoms with Crippen LogP contribution in [0.4, 0.5) is 5.69 Å². The molecule has 5 rings (SSSR count). The minimum Gasteiger partial charge on any atom is -0.375 e. The molecule has 2 N–H and O–H groups in total. The average Bonchev–Trinajstić information content (AvgIpc) is 3.31. The highest BCUT2D eigenvalue weighted by molar-refractivity contribution is 7.97. The van der Waals surface area contributed by atoms with E-state index in [0.717, 1.165) is 54.5 Å². The number of anilines is 1. The predicted octanol–water partition coefficient (Wildman–Crippen LogP) is 1.72. The Bertz CT molecular complexity index is 967. The molecule has 1 aliphatic carbocycles. The van der Waals surface area contributed by atoms with Gasteiger partial charge < -0.3 is 10.0 Å². The number of benzene rings is 1. The molecule has 2 aromatic rings. The van der Waals surface area contributed by atoms with E-state index in [1.54, 1.807) is 15.8 Å². The lowest BCUT2D eigenvalue weighted by atomic mass is 10.1. The Morgan fingerprint density at radius 2 is 2.21 bits per heavy atom. The number of carbonyl (C=O) groups is 1. The molecule has 1 amide bonds. The maximum atomic E-state index is 13.4. The molecule has 8 nitrogen and oxygen atoms in total. The van der Waals surface area contributed by atoms with Crippen molar-refractivity contribution in [3.63, 3.8) is 0 Å². The number of nitrogens with zero attached hydrogens (tertiary/aromatic N) is 5. The van der Waals surface area contributed by atoms with Gasteiger partial charge >= 0.3 is 0 Å². The van der Waals surface area contributed by atoms with Crippen molar-refractivity contribution >= 4 is 29.5 Å². The third-order valence-corrected chi connectivity index (χ3v) is 6.16. The molecule has 9 heteroatoms. The summed E-state index contributed by atoms with van der Waals surface area (Å²) in [6.45, 7) is 2.01. The van der Waals surface area contributed by atoms with Crippen LogP contribution in [0.25, 0.3) is 0 Å². The van der Waals surface area contributed by atoms with Gasteiger partial charge in [-0.3, -0.25) is 19.4 Å². The smallest absolute Gasteiger partial charge is 0.263 e. The number of aliphatic imine (C=N–C) groups is 1. The van der Waals surface area contributed by atoms with Gasteiger partial charge in [-0.2, -0.15) is 5.10 Å². The van der Waals surface area contributed by atoms with E-state index in [4.69, 9.17) is 0 Å². The Labute approximate surface area is 167 Å². The SMILES string of the molecule is Cn1cc(CN2C(=O)c3cc(SNC4(O)CC4)ccc3N3CCCN=C23)cn1. The van der Waals surface area contributed by atoms with Gasteiger partial charge in [0.15, 0.2) is 0 Å². The zero-order valence-corrected chi connectivity index (χ0v) is 16.4. The summed E-state index contributed by atoms with van der Waals surface area (Å²) in [6, 6.07) is 5.87. The predicted molar refractivity (Wildman–Crippen MR) is 107 cm³/mol. The van der Waals surface area contributed by atoms with E-state index in [9.17, 15) is 9.90 Å². The summed E-state index contributed by atoms with van der Waals surface area (Å²) in [6.07, 6.45) is 6.18. The Hall–Kier alpha value is -2.36. The molecule has 0 atom stereocenters. The van der Waals surface area contributed by atoms with Crippen LogP contribution in [0, 0.1) is 0 Å². The van der Waals surface area contributed by atoms with E-state index < -0.39 is 5.72 Å². The first-order valence-electron chi connectivity index (χ1n) is 9.44. The van der Waals surface area contributed by atoms with Gasteiger partial charge in [-0.15, -0.1) is 0 Å². The molecule has 0 radical (unpaired) electrons. The number of carbonyl (C=O) groups excluding carboxylic acids is 1. The highest BCUT2D eigenvalue weighted by Gasteiger charge is 2.41. The molecule has 0 bridgehead atoms. The van der Waals surface area contributed by atoms with Crippen LogP contribution < -0.4 is 9.62 Å². The lowest BCUT2D eigenvalue weighted by Crippen LogP contribution is -2.53. The van der Waals surface area contributed by atoms with Crippen molar-refractivity contribution in [2.24, 2.45) is 12.0 Å². The van der Waals surface area contributed by atoms with Crippen LogP contribution in [0.2, 0.25) is 0 Å². The molecule has 1 fully saturated rings. The normalized spacial score (nSPS) is 19.9. The van der Waals surface area contributed by atoms with Crippen LogP contribution in [0.3, 0.4) is 0 Å². The van der Waals surface area contributed by atoms with Crippen LogP contribution >= 0.6 is 11.9 Å². The van der Waals surface area contributed by atoms with Gasteiger partial charge in [0.2, 0.25) is 5.96 Å². The van der Waals surface area contributed by atoms with Gasteiger partial charge in [-0.25, -0.2) is 4.72 Å². The minimum absolute atomic E-state index is 0.0525. The largest absolute Gasteiger partial charge is 0.375 e. The van der Waals surface area contributed by atoms with Crippen molar-refractivity contribution in [3.8, 4) is 0 Å². The first-order chi connectivity index (χ1) is 13.5. The second-order valence-corrected chi connectivity index (χ2v) is 8.39. The maximum absolute atomic E-state index is 13.4. The van der Waals surface area contributed by atoms with Crippen LogP contribution in [0.1, 0.15) is 35.2 Å². The molecule has 0 spiro atoms. The highest BCUT2D eigenvalue weighted by Crippen LogP contribution is 2.37. The molecule has 0 unspecified atom stereocenters. The first kappa shape index (κ1) is 17.7. The number of hydrogen-bond donors (Lipinski definition) is 2. The monoisotopic (exact) mass is 398 g/mol. The molecule has 146 valence electrons. The van der Waals surface area contributed by atoms with Crippen LogP contribution in [-0.4, -0.2) is 50.5 Å². The average molecular weight is 398 g/mol. The first-order valence-corrected chi connectivity index (χ1v) is 10.3. The minimum atomic E-state index is -0.760. The number of guanidine groups is 1. The molecular weight excluding hydrogens is 376 g/mol. The summed E-state index contributed by atoms with van der Waals surface area (Å²) < 4.78 is 4.82. The second-order valence-electron chi connectivity index (χ2n) is 7.52. The van der Waals surface area contributed by atoms with Gasteiger partial charge in [0.25, 0.3) is 5.91 Å². The molecule has 2 aliphatic heterocycles. The summed E-state index contributed by atoms with van der Waals surface area (Å²) in [5.41, 5.74) is 1.78. The molecule has 1 saturated carbocycles. The molecule has 28 heavy (non-hydrogen) atoms. The lowest BCUT2D eigenvalue weighted by Gasteiger charge is -2.40. The summed E-state index contributed by atoms with van der Waals surface area (Å²) in [7, 11) is 1.87. The van der Waals surface area contributed by atoms with Crippen molar-refractivity contribution in [1.82, 2.24) is 19.4 Å². The zero-order valence-electron chi connectivity index (χ0n) is 15.6. The number of fused-ring (bicyclic) bond motifs is 3. The maximum Gasteiger partial charge on any atom is 0.263 e. The van der Waals surface area contributed by atoms with Crippen molar-refractivity contribution in [2.75, 3.05) is 18.0 Å². The number of hydrogen-bond acceptors (Lipinski definition) is 7. The third-order valence-electron chi connectivity index (χ3n) is 5.19. The van der Waals surface area contributed by atoms with Crippen LogP contribution in [-0.2, 0) is 13.6 Å². The number of amides is 1. The number of aliphatic hydroxyl groups is 1. The van der Waals surface area contributed by atoms with E-state index >= 15 is 0 Å². The number of nitrogens with one attached hydrogen (secondary N) is 1. The van der Waals surface area contributed by atoms with Crippen molar-refractivity contribution in [3.05, 3.63) is 41.7 Å². The van der Waals surface area contributed by atoms with Gasteiger partial charge in [-0.05, 0) is 49.4 Å². The molecule has 3 heterocycles. The van der Waals surface area contributed by atoms with Gasteiger partial charge in [0.1, 0.15) is 5.72 Å². The molecular formula is C19H22N6O2S. The molecule has 0 saturated heterocycles. The fraction of sp³-hybridized carbons (Fsp3) is 0.421. The number of aryl methyl sites for hydroxylation is 1. The van der Waals surface area contributed by atoms with Crippen molar-refractivity contribution < 1.29 is 9.90 Å². The van der Waals surface area contributed by atoms with E-state index in [1.165, 1.54) is 11.9 Å². The quantitative estimate of drug-likeness (QED) is 0.589. The van der Waals surface area contributed by atoms with Gasteiger partial charge in [0, 0.05) is 36.8 Å². The molecule has 1 aromatic heterocycles. The van der Waals surface area contributed by atoms with E-state index in [-0.39, 0.29) is 5.91 Å². The second kappa shape index (κ2) is 6.61. The standard InChI is InChI=1S/C19H22N6O2S/c1-23-11-13(10-21-23)12-25-17(26)15-9-14(28-22-19(27)5-6-19)3-4-16(15)24-8-2-7-20-18(24)25/h3-4,9-11,22,27H,2,5-8,12H2,1H3. The third kappa shape index (κ3) is 3.19. The Balaban J connectivity index is 1.47. The van der Waals surface area contributed by atoms with Crippen LogP contribution in [0.15, 0.2) is 40.5 Å². The zero-order chi connectivity index (χ0) is 19.3. The molecule has 1 aromatic carbocycles. The summed E-state index contributed by atoms with van der Waals surface area (Å²) in [5.74, 6) is 0.668. The van der Waals surface area contributed by atoms with E-state index in [1.807, 2.05) is 31.4 Å². The Morgan fingerprint density at radius 1 is 1.36 bits per heavy atom. The molecule has 3 aliphatic rings. The van der Waals surface area contributed by atoms with Crippen molar-refractivity contribution in [1.29, 1.82) is 0 Å². The Morgan fingerprint density at radius 3 is 2.96 bits per heavy atom. The fourth-order valence-electron chi connectivity index (χ4n) is 3.53. The van der Waals surface area contributed by atoms with Crippen molar-refractivity contribution in [2.45, 2.75) is 36.4 Å². The lowest BCUT2D eigenvalue weighted by molar-refractivity contribution is 0.0830. The van der Waals surface area contributed by atoms with Gasteiger partial charge in [-0.1, -0.05) is 0 Å². The van der Waals surface area contributed by atoms with E-state index in [0.29, 0.717) is 12.1 Å². The number of rotatable bonds is 5. The topological polar surface area (TPSA) is 86.0 Å². The fourth-order valence-corrected chi connectivity index (χ4v) is 4.35. The van der Waals surface area contributed by atoms with Gasteiger partial charge in [0.05, 0.1) is 24.0 Å². The van der Waals surface area contributed by atoms with E-state index in [2.05, 4.69) is 19.7 Å². The summed E-state index contributed by atoms with van der Waals surface area (Å²) >= 11 is 1.37. The summed E-state index contributed by atoms with van der Waals surface area (Å²) in [5, 5.41) is 14.2. The highest BCUT2D eigenvalue weighted by atomic mass is 32.2. The summed E-state index contributed by atoms with van der Waals surface area (Å²) in [4.78, 5) is 22.8. The Kier molecular flexibility index (Phi) is 4.18. The number of aromatic nitrogens is 2. The van der Waals surface area contributed by atoms with Crippen LogP contribution in [0.5, 0.6) is 0 Å².